The summed E-state index contributed by atoms with van der Waals surface area (Å²) in [4.78, 5) is 24.5. The van der Waals surface area contributed by atoms with Crippen molar-refractivity contribution in [3.8, 4) is 0 Å². The van der Waals surface area contributed by atoms with Crippen molar-refractivity contribution >= 4 is 11.8 Å². The number of carbonyl (C=O) groups is 2. The molecule has 0 N–H and O–H groups in total. The van der Waals surface area contributed by atoms with Gasteiger partial charge in [-0.05, 0) is 44.6 Å². The zero-order chi connectivity index (χ0) is 16.7. The van der Waals surface area contributed by atoms with Gasteiger partial charge in [-0.2, -0.15) is 0 Å². The number of allylic oxidation sites excluding steroid dienone is 5. The van der Waals surface area contributed by atoms with Crippen molar-refractivity contribution in [3.63, 3.8) is 0 Å². The average Bonchev–Trinajstić information content (AvgIpc) is 2.83. The molecule has 2 aliphatic carbocycles. The summed E-state index contributed by atoms with van der Waals surface area (Å²) in [6.45, 7) is 12.0. The fourth-order valence-corrected chi connectivity index (χ4v) is 3.36. The van der Waals surface area contributed by atoms with Gasteiger partial charge < -0.3 is 4.74 Å². The zero-order valence-electron chi connectivity index (χ0n) is 14.4. The third-order valence-electron chi connectivity index (χ3n) is 4.85. The Kier molecular flexibility index (Phi) is 4.46. The molecule has 120 valence electrons. The normalized spacial score (nSPS) is 29.9. The number of hydrogen-bond acceptors (Lipinski definition) is 3. The summed E-state index contributed by atoms with van der Waals surface area (Å²) in [6, 6.07) is 0. The fraction of sp³-hybridized carbons (Fsp3) is 0.579. The highest BCUT2D eigenvalue weighted by molar-refractivity contribution is 6.02. The highest BCUT2D eigenvalue weighted by atomic mass is 16.5. The largest absolute Gasteiger partial charge is 0.457 e. The summed E-state index contributed by atoms with van der Waals surface area (Å²) in [7, 11) is 0. The predicted molar refractivity (Wildman–Crippen MR) is 87.2 cm³/mol. The molecule has 0 bridgehead atoms. The van der Waals surface area contributed by atoms with Crippen LogP contribution in [-0.2, 0) is 14.3 Å². The van der Waals surface area contributed by atoms with Crippen LogP contribution in [0.1, 0.15) is 48.0 Å². The number of ether oxygens (including phenoxy) is 1. The van der Waals surface area contributed by atoms with E-state index in [0.29, 0.717) is 5.57 Å². The molecular formula is C19H26O3. The lowest BCUT2D eigenvalue weighted by molar-refractivity contribution is -0.150. The molecule has 0 amide bonds. The Balaban J connectivity index is 2.09. The van der Waals surface area contributed by atoms with E-state index >= 15 is 0 Å². The quantitative estimate of drug-likeness (QED) is 0.582. The Morgan fingerprint density at radius 2 is 1.95 bits per heavy atom. The van der Waals surface area contributed by atoms with E-state index in [1.807, 2.05) is 33.8 Å². The lowest BCUT2D eigenvalue weighted by Gasteiger charge is -2.13. The van der Waals surface area contributed by atoms with Gasteiger partial charge in [0, 0.05) is 5.57 Å². The van der Waals surface area contributed by atoms with Crippen molar-refractivity contribution in [1.82, 2.24) is 0 Å². The lowest BCUT2D eigenvalue weighted by atomic mass is 10.1. The standard InChI is InChI=1S/C19H26O3/c1-7-8-13-12(4)16(10-15(13)20)22-18(21)17-14(9-11(2)3)19(17,5)6/h7-9,14,16-17H,10H2,1-6H3/b8-7+/t14-,16+,17+/m1/s1. The van der Waals surface area contributed by atoms with E-state index in [-0.39, 0.29) is 35.4 Å². The number of hydrogen-bond donors (Lipinski definition) is 0. The number of carbonyl (C=O) groups excluding carboxylic acids is 2. The van der Waals surface area contributed by atoms with Crippen molar-refractivity contribution in [1.29, 1.82) is 0 Å². The molecule has 3 atom stereocenters. The van der Waals surface area contributed by atoms with E-state index in [9.17, 15) is 9.59 Å². The van der Waals surface area contributed by atoms with Gasteiger partial charge in [0.25, 0.3) is 0 Å². The highest BCUT2D eigenvalue weighted by Crippen LogP contribution is 2.60. The number of rotatable bonds is 4. The summed E-state index contributed by atoms with van der Waals surface area (Å²) >= 11 is 0. The second-order valence-corrected chi connectivity index (χ2v) is 7.22. The Morgan fingerprint density at radius 1 is 1.32 bits per heavy atom. The maximum absolute atomic E-state index is 12.5. The van der Waals surface area contributed by atoms with E-state index in [4.69, 9.17) is 4.74 Å². The molecule has 0 aliphatic heterocycles. The molecule has 3 heteroatoms. The van der Waals surface area contributed by atoms with E-state index in [2.05, 4.69) is 19.9 Å². The van der Waals surface area contributed by atoms with Crippen LogP contribution >= 0.6 is 0 Å². The number of ketones is 1. The maximum Gasteiger partial charge on any atom is 0.310 e. The smallest absolute Gasteiger partial charge is 0.310 e. The van der Waals surface area contributed by atoms with Crippen molar-refractivity contribution < 1.29 is 14.3 Å². The minimum Gasteiger partial charge on any atom is -0.457 e. The minimum absolute atomic E-state index is 0.0548. The van der Waals surface area contributed by atoms with Gasteiger partial charge >= 0.3 is 5.97 Å². The summed E-state index contributed by atoms with van der Waals surface area (Å²) in [5.41, 5.74) is 2.72. The van der Waals surface area contributed by atoms with Crippen molar-refractivity contribution in [2.24, 2.45) is 17.3 Å². The topological polar surface area (TPSA) is 43.4 Å². The van der Waals surface area contributed by atoms with Gasteiger partial charge in [-0.1, -0.05) is 37.6 Å². The second kappa shape index (κ2) is 5.86. The molecule has 0 heterocycles. The first-order chi connectivity index (χ1) is 10.2. The van der Waals surface area contributed by atoms with E-state index in [1.54, 1.807) is 6.08 Å². The summed E-state index contributed by atoms with van der Waals surface area (Å²) in [5, 5.41) is 0. The van der Waals surface area contributed by atoms with Gasteiger partial charge in [0.15, 0.2) is 5.78 Å². The van der Waals surface area contributed by atoms with Crippen molar-refractivity contribution in [2.75, 3.05) is 0 Å². The van der Waals surface area contributed by atoms with Gasteiger partial charge in [0.1, 0.15) is 6.10 Å². The third kappa shape index (κ3) is 2.94. The fourth-order valence-electron chi connectivity index (χ4n) is 3.36. The minimum atomic E-state index is -0.394. The molecule has 0 aromatic rings. The highest BCUT2D eigenvalue weighted by Gasteiger charge is 2.61. The summed E-state index contributed by atoms with van der Waals surface area (Å²) in [6.07, 6.45) is 5.68. The first-order valence-electron chi connectivity index (χ1n) is 7.92. The predicted octanol–water partition coefficient (Wildman–Crippen LogP) is 4.00. The molecule has 1 saturated carbocycles. The van der Waals surface area contributed by atoms with Gasteiger partial charge in [0.05, 0.1) is 12.3 Å². The Morgan fingerprint density at radius 3 is 2.50 bits per heavy atom. The lowest BCUT2D eigenvalue weighted by Crippen LogP contribution is -2.20. The molecule has 22 heavy (non-hydrogen) atoms. The SMILES string of the molecule is C/C=C/C1=C(C)[C@@H](OC(=O)[C@@H]2[C@@H](C=C(C)C)C2(C)C)CC1=O. The molecular weight excluding hydrogens is 276 g/mol. The average molecular weight is 302 g/mol. The van der Waals surface area contributed by atoms with E-state index in [0.717, 1.165) is 5.57 Å². The molecule has 2 rings (SSSR count). The molecule has 0 spiro atoms. The molecule has 1 fully saturated rings. The summed E-state index contributed by atoms with van der Waals surface area (Å²) < 4.78 is 5.66. The first-order valence-corrected chi connectivity index (χ1v) is 7.92. The van der Waals surface area contributed by atoms with Crippen LogP contribution in [0.3, 0.4) is 0 Å². The first kappa shape index (κ1) is 16.7. The third-order valence-corrected chi connectivity index (χ3v) is 4.85. The van der Waals surface area contributed by atoms with E-state index in [1.165, 1.54) is 5.57 Å². The van der Waals surface area contributed by atoms with Crippen LogP contribution in [-0.4, -0.2) is 17.9 Å². The van der Waals surface area contributed by atoms with Crippen LogP contribution in [0.2, 0.25) is 0 Å². The number of esters is 1. The van der Waals surface area contributed by atoms with Crippen LogP contribution in [0.5, 0.6) is 0 Å². The van der Waals surface area contributed by atoms with Crippen LogP contribution in [0, 0.1) is 17.3 Å². The molecule has 0 aromatic heterocycles. The summed E-state index contributed by atoms with van der Waals surface area (Å²) in [5.74, 6) is 0.0214. The maximum atomic E-state index is 12.5. The molecule has 3 nitrogen and oxygen atoms in total. The van der Waals surface area contributed by atoms with Crippen LogP contribution in [0.25, 0.3) is 0 Å². The van der Waals surface area contributed by atoms with Gasteiger partial charge in [-0.15, -0.1) is 0 Å². The Bertz CT molecular complexity index is 586. The van der Waals surface area contributed by atoms with Gasteiger partial charge in [-0.3, -0.25) is 9.59 Å². The molecule has 2 aliphatic rings. The van der Waals surface area contributed by atoms with Gasteiger partial charge in [0.2, 0.25) is 0 Å². The molecule has 0 unspecified atom stereocenters. The van der Waals surface area contributed by atoms with Gasteiger partial charge in [-0.25, -0.2) is 0 Å². The Hall–Kier alpha value is -1.64. The van der Waals surface area contributed by atoms with Crippen LogP contribution in [0.15, 0.2) is 34.9 Å². The van der Waals surface area contributed by atoms with E-state index < -0.39 is 6.10 Å². The van der Waals surface area contributed by atoms with Crippen molar-refractivity contribution in [2.45, 2.75) is 54.1 Å². The molecule has 0 saturated heterocycles. The Labute approximate surface area is 133 Å². The number of Topliss-reactive ketones (excluding diaryl/α,β-unsaturated/α-hetero) is 1. The molecule has 0 radical (unpaired) electrons. The molecule has 0 aromatic carbocycles. The zero-order valence-corrected chi connectivity index (χ0v) is 14.4. The van der Waals surface area contributed by atoms with Crippen LogP contribution < -0.4 is 0 Å². The monoisotopic (exact) mass is 302 g/mol. The van der Waals surface area contributed by atoms with Crippen LogP contribution in [0.4, 0.5) is 0 Å². The second-order valence-electron chi connectivity index (χ2n) is 7.22. The van der Waals surface area contributed by atoms with Crippen molar-refractivity contribution in [3.05, 3.63) is 34.9 Å².